The molecule has 0 unspecified atom stereocenters. The standard InChI is InChI=1S/C23H17F3N4O4/c24-23(25,26)14-7-8-17-16(12-14)27-21(30(17)13-15-4-3-11-33-15)28-20(31)9-10-29-18-5-1-2-6-19(18)34-22(29)32/h1-8,11-12H,9-10,13H2,(H,27,28,31). The number of aryl methyl sites for hydroxylation is 1. The number of imidazole rings is 1. The van der Waals surface area contributed by atoms with E-state index in [9.17, 15) is 22.8 Å². The maximum atomic E-state index is 13.2. The van der Waals surface area contributed by atoms with Gasteiger partial charge in [0.2, 0.25) is 11.9 Å². The zero-order valence-corrected chi connectivity index (χ0v) is 17.5. The third-order valence-corrected chi connectivity index (χ3v) is 5.36. The largest absolute Gasteiger partial charge is 0.467 e. The van der Waals surface area contributed by atoms with E-state index < -0.39 is 23.4 Å². The van der Waals surface area contributed by atoms with Gasteiger partial charge in [-0.1, -0.05) is 12.1 Å². The summed E-state index contributed by atoms with van der Waals surface area (Å²) in [6.45, 7) is 0.203. The molecule has 5 aromatic rings. The van der Waals surface area contributed by atoms with Gasteiger partial charge in [-0.15, -0.1) is 0 Å². The molecule has 1 N–H and O–H groups in total. The highest BCUT2D eigenvalue weighted by Crippen LogP contribution is 2.32. The molecular weight excluding hydrogens is 453 g/mol. The Hall–Kier alpha value is -4.28. The molecule has 0 aliphatic rings. The lowest BCUT2D eigenvalue weighted by Crippen LogP contribution is -2.21. The van der Waals surface area contributed by atoms with Gasteiger partial charge in [-0.2, -0.15) is 13.2 Å². The number of hydrogen-bond donors (Lipinski definition) is 1. The number of nitrogens with zero attached hydrogens (tertiary/aromatic N) is 3. The molecule has 0 aliphatic heterocycles. The summed E-state index contributed by atoms with van der Waals surface area (Å²) in [4.78, 5) is 29.0. The van der Waals surface area contributed by atoms with Crippen LogP contribution in [0, 0.1) is 0 Å². The number of alkyl halides is 3. The van der Waals surface area contributed by atoms with Gasteiger partial charge in [0.1, 0.15) is 5.76 Å². The number of fused-ring (bicyclic) bond motifs is 2. The molecule has 0 bridgehead atoms. The number of carbonyl (C=O) groups is 1. The molecule has 0 atom stereocenters. The van der Waals surface area contributed by atoms with Crippen LogP contribution < -0.4 is 11.1 Å². The fourth-order valence-corrected chi connectivity index (χ4v) is 3.75. The van der Waals surface area contributed by atoms with Crippen molar-refractivity contribution in [3.05, 3.63) is 82.7 Å². The minimum atomic E-state index is -4.52. The normalized spacial score (nSPS) is 12.0. The van der Waals surface area contributed by atoms with Gasteiger partial charge in [-0.05, 0) is 42.5 Å². The first-order valence-electron chi connectivity index (χ1n) is 10.3. The molecule has 3 aromatic heterocycles. The van der Waals surface area contributed by atoms with E-state index in [0.29, 0.717) is 22.4 Å². The molecule has 0 spiro atoms. The number of carbonyl (C=O) groups excluding carboxylic acids is 1. The van der Waals surface area contributed by atoms with Crippen LogP contribution in [0.2, 0.25) is 0 Å². The molecule has 2 aromatic carbocycles. The van der Waals surface area contributed by atoms with Crippen molar-refractivity contribution in [3.63, 3.8) is 0 Å². The number of benzene rings is 2. The smallest absolute Gasteiger partial charge is 0.419 e. The number of oxazole rings is 1. The van der Waals surface area contributed by atoms with E-state index in [0.717, 1.165) is 12.1 Å². The Morgan fingerprint density at radius 1 is 1.03 bits per heavy atom. The summed E-state index contributed by atoms with van der Waals surface area (Å²) in [7, 11) is 0. The van der Waals surface area contributed by atoms with Crippen molar-refractivity contribution < 1.29 is 26.8 Å². The molecular formula is C23H17F3N4O4. The lowest BCUT2D eigenvalue weighted by Gasteiger charge is -2.10. The highest BCUT2D eigenvalue weighted by atomic mass is 19.4. The highest BCUT2D eigenvalue weighted by Gasteiger charge is 2.31. The summed E-state index contributed by atoms with van der Waals surface area (Å²) < 4.78 is 52.9. The van der Waals surface area contributed by atoms with E-state index in [1.165, 1.54) is 16.9 Å². The van der Waals surface area contributed by atoms with E-state index >= 15 is 0 Å². The molecule has 5 rings (SSSR count). The van der Waals surface area contributed by atoms with E-state index in [1.807, 2.05) is 0 Å². The van der Waals surface area contributed by atoms with Crippen LogP contribution in [0.4, 0.5) is 19.1 Å². The van der Waals surface area contributed by atoms with Gasteiger partial charge in [0.25, 0.3) is 0 Å². The zero-order chi connectivity index (χ0) is 23.9. The molecule has 11 heteroatoms. The van der Waals surface area contributed by atoms with Crippen molar-refractivity contribution in [1.29, 1.82) is 0 Å². The zero-order valence-electron chi connectivity index (χ0n) is 17.5. The summed E-state index contributed by atoms with van der Waals surface area (Å²) >= 11 is 0. The minimum Gasteiger partial charge on any atom is -0.467 e. The number of rotatable bonds is 6. The maximum Gasteiger partial charge on any atom is 0.419 e. The second kappa shape index (κ2) is 8.25. The number of furan rings is 1. The van der Waals surface area contributed by atoms with Crippen molar-refractivity contribution in [2.75, 3.05) is 5.32 Å². The van der Waals surface area contributed by atoms with Crippen molar-refractivity contribution in [2.24, 2.45) is 0 Å². The average Bonchev–Trinajstić information content (AvgIpc) is 3.50. The van der Waals surface area contributed by atoms with E-state index in [4.69, 9.17) is 8.83 Å². The Kier molecular flexibility index (Phi) is 5.23. The van der Waals surface area contributed by atoms with Gasteiger partial charge >= 0.3 is 11.9 Å². The second-order valence-electron chi connectivity index (χ2n) is 7.59. The van der Waals surface area contributed by atoms with E-state index in [1.54, 1.807) is 41.0 Å². The number of halogens is 3. The van der Waals surface area contributed by atoms with Gasteiger partial charge in [-0.25, -0.2) is 9.78 Å². The molecule has 0 radical (unpaired) electrons. The first kappa shape index (κ1) is 21.6. The molecule has 0 saturated heterocycles. The Bertz CT molecular complexity index is 1540. The van der Waals surface area contributed by atoms with Crippen LogP contribution in [0.15, 0.2) is 74.5 Å². The maximum absolute atomic E-state index is 13.2. The Morgan fingerprint density at radius 2 is 1.85 bits per heavy atom. The van der Waals surface area contributed by atoms with Crippen molar-refractivity contribution >= 4 is 34.0 Å². The minimum absolute atomic E-state index is 0.0539. The van der Waals surface area contributed by atoms with Crippen LogP contribution >= 0.6 is 0 Å². The fourth-order valence-electron chi connectivity index (χ4n) is 3.75. The molecule has 1 amide bonds. The summed E-state index contributed by atoms with van der Waals surface area (Å²) in [5.74, 6) is -0.450. The number of para-hydroxylation sites is 2. The topological polar surface area (TPSA) is 95.2 Å². The summed E-state index contributed by atoms with van der Waals surface area (Å²) in [6.07, 6.45) is -3.13. The first-order valence-corrected chi connectivity index (χ1v) is 10.3. The fraction of sp³-hybridized carbons (Fsp3) is 0.174. The Balaban J connectivity index is 1.42. The predicted molar refractivity (Wildman–Crippen MR) is 116 cm³/mol. The number of aromatic nitrogens is 3. The van der Waals surface area contributed by atoms with Gasteiger partial charge in [-0.3, -0.25) is 14.7 Å². The number of hydrogen-bond acceptors (Lipinski definition) is 5. The van der Waals surface area contributed by atoms with Crippen LogP contribution in [0.3, 0.4) is 0 Å². The summed E-state index contributed by atoms with van der Waals surface area (Å²) in [6, 6.07) is 13.4. The SMILES string of the molecule is O=C(CCn1c(=O)oc2ccccc21)Nc1nc2cc(C(F)(F)F)ccc2n1Cc1ccco1. The molecule has 174 valence electrons. The average molecular weight is 470 g/mol. The summed E-state index contributed by atoms with van der Waals surface area (Å²) in [5.41, 5.74) is 0.607. The molecule has 34 heavy (non-hydrogen) atoms. The van der Waals surface area contributed by atoms with Crippen molar-refractivity contribution in [1.82, 2.24) is 14.1 Å². The first-order chi connectivity index (χ1) is 16.3. The monoisotopic (exact) mass is 470 g/mol. The molecule has 0 aliphatic carbocycles. The molecule has 0 saturated carbocycles. The van der Waals surface area contributed by atoms with Gasteiger partial charge in [0.05, 0.1) is 34.9 Å². The third-order valence-electron chi connectivity index (χ3n) is 5.36. The molecule has 8 nitrogen and oxygen atoms in total. The second-order valence-corrected chi connectivity index (χ2v) is 7.59. The van der Waals surface area contributed by atoms with Crippen LogP contribution in [0.5, 0.6) is 0 Å². The van der Waals surface area contributed by atoms with Crippen molar-refractivity contribution in [2.45, 2.75) is 25.7 Å². The van der Waals surface area contributed by atoms with Crippen molar-refractivity contribution in [3.8, 4) is 0 Å². The number of anilines is 1. The van der Waals surface area contributed by atoms with E-state index in [-0.39, 0.29) is 31.0 Å². The number of nitrogens with one attached hydrogen (secondary N) is 1. The van der Waals surface area contributed by atoms with Gasteiger partial charge in [0.15, 0.2) is 5.58 Å². The number of amides is 1. The predicted octanol–water partition coefficient (Wildman–Crippen LogP) is 4.63. The third kappa shape index (κ3) is 4.07. The van der Waals surface area contributed by atoms with Crippen LogP contribution in [0.25, 0.3) is 22.1 Å². The molecule has 3 heterocycles. The molecule has 0 fully saturated rings. The highest BCUT2D eigenvalue weighted by molar-refractivity contribution is 5.91. The Morgan fingerprint density at radius 3 is 2.62 bits per heavy atom. The Labute approximate surface area is 189 Å². The van der Waals surface area contributed by atoms with Crippen LogP contribution in [-0.2, 0) is 24.1 Å². The summed E-state index contributed by atoms with van der Waals surface area (Å²) in [5, 5.41) is 2.64. The van der Waals surface area contributed by atoms with Crippen LogP contribution in [-0.4, -0.2) is 20.0 Å². The lowest BCUT2D eigenvalue weighted by atomic mass is 10.2. The van der Waals surface area contributed by atoms with Crippen LogP contribution in [0.1, 0.15) is 17.7 Å². The van der Waals surface area contributed by atoms with Gasteiger partial charge < -0.3 is 13.4 Å². The van der Waals surface area contributed by atoms with Gasteiger partial charge in [0, 0.05) is 13.0 Å². The quantitative estimate of drug-likeness (QED) is 0.390. The lowest BCUT2D eigenvalue weighted by molar-refractivity contribution is -0.137. The van der Waals surface area contributed by atoms with E-state index in [2.05, 4.69) is 10.3 Å².